The van der Waals surface area contributed by atoms with E-state index in [2.05, 4.69) is 56.0 Å². The molecule has 16 heavy (non-hydrogen) atoms. The molecule has 2 nitrogen and oxygen atoms in total. The SMILES string of the molecule is CCN(Cc1ccccc1)C[C@H](N)C(C)C. The van der Waals surface area contributed by atoms with Crippen molar-refractivity contribution >= 4 is 0 Å². The normalized spacial score (nSPS) is 13.4. The van der Waals surface area contributed by atoms with Gasteiger partial charge >= 0.3 is 0 Å². The van der Waals surface area contributed by atoms with Crippen molar-refractivity contribution in [3.8, 4) is 0 Å². The smallest absolute Gasteiger partial charge is 0.0234 e. The van der Waals surface area contributed by atoms with Crippen molar-refractivity contribution in [2.24, 2.45) is 11.7 Å². The average molecular weight is 220 g/mol. The second-order valence-corrected chi connectivity index (χ2v) is 4.72. The highest BCUT2D eigenvalue weighted by atomic mass is 15.1. The van der Waals surface area contributed by atoms with Crippen molar-refractivity contribution < 1.29 is 0 Å². The Morgan fingerprint density at radius 2 is 1.81 bits per heavy atom. The summed E-state index contributed by atoms with van der Waals surface area (Å²) in [6, 6.07) is 10.8. The summed E-state index contributed by atoms with van der Waals surface area (Å²) in [5.41, 5.74) is 7.47. The molecular weight excluding hydrogens is 196 g/mol. The summed E-state index contributed by atoms with van der Waals surface area (Å²) in [5.74, 6) is 0.546. The minimum absolute atomic E-state index is 0.267. The van der Waals surface area contributed by atoms with Gasteiger partial charge in [-0.05, 0) is 18.0 Å². The Balaban J connectivity index is 2.49. The van der Waals surface area contributed by atoms with Crippen LogP contribution >= 0.6 is 0 Å². The Bertz CT molecular complexity index is 282. The van der Waals surface area contributed by atoms with Crippen molar-refractivity contribution in [2.45, 2.75) is 33.4 Å². The topological polar surface area (TPSA) is 29.3 Å². The van der Waals surface area contributed by atoms with Gasteiger partial charge in [-0.1, -0.05) is 51.1 Å². The summed E-state index contributed by atoms with van der Waals surface area (Å²) < 4.78 is 0. The molecular formula is C14H24N2. The Morgan fingerprint density at radius 3 is 2.31 bits per heavy atom. The predicted octanol–water partition coefficient (Wildman–Crippen LogP) is 2.49. The second kappa shape index (κ2) is 6.66. The third-order valence-corrected chi connectivity index (χ3v) is 3.02. The largest absolute Gasteiger partial charge is 0.326 e. The van der Waals surface area contributed by atoms with Crippen LogP contribution in [0.1, 0.15) is 26.3 Å². The van der Waals surface area contributed by atoms with Crippen LogP contribution in [0.4, 0.5) is 0 Å². The van der Waals surface area contributed by atoms with Crippen LogP contribution < -0.4 is 5.73 Å². The Labute approximate surface area is 99.5 Å². The highest BCUT2D eigenvalue weighted by Crippen LogP contribution is 2.07. The number of benzene rings is 1. The van der Waals surface area contributed by atoms with Gasteiger partial charge in [-0.15, -0.1) is 0 Å². The molecule has 0 unspecified atom stereocenters. The number of likely N-dealkylation sites (N-methyl/N-ethyl adjacent to an activating group) is 1. The third-order valence-electron chi connectivity index (χ3n) is 3.02. The van der Waals surface area contributed by atoms with Gasteiger partial charge in [0.05, 0.1) is 0 Å². The van der Waals surface area contributed by atoms with E-state index in [1.165, 1.54) is 5.56 Å². The van der Waals surface area contributed by atoms with Gasteiger partial charge < -0.3 is 5.73 Å². The summed E-state index contributed by atoms with van der Waals surface area (Å²) in [6.45, 7) is 9.58. The van der Waals surface area contributed by atoms with Crippen molar-refractivity contribution in [2.75, 3.05) is 13.1 Å². The fourth-order valence-corrected chi connectivity index (χ4v) is 1.66. The van der Waals surface area contributed by atoms with Crippen molar-refractivity contribution in [3.05, 3.63) is 35.9 Å². The molecule has 0 spiro atoms. The van der Waals surface area contributed by atoms with Crippen LogP contribution in [0.15, 0.2) is 30.3 Å². The van der Waals surface area contributed by atoms with E-state index in [-0.39, 0.29) is 6.04 Å². The fraction of sp³-hybridized carbons (Fsp3) is 0.571. The van der Waals surface area contributed by atoms with Crippen LogP contribution in [-0.2, 0) is 6.54 Å². The summed E-state index contributed by atoms with van der Waals surface area (Å²) in [6.07, 6.45) is 0. The molecule has 1 rings (SSSR count). The Hall–Kier alpha value is -0.860. The Kier molecular flexibility index (Phi) is 5.50. The lowest BCUT2D eigenvalue weighted by molar-refractivity contribution is 0.241. The van der Waals surface area contributed by atoms with Gasteiger partial charge in [-0.2, -0.15) is 0 Å². The summed E-state index contributed by atoms with van der Waals surface area (Å²) in [5, 5.41) is 0. The van der Waals surface area contributed by atoms with Crippen molar-refractivity contribution in [3.63, 3.8) is 0 Å². The molecule has 2 N–H and O–H groups in total. The minimum atomic E-state index is 0.267. The van der Waals surface area contributed by atoms with Gasteiger partial charge in [-0.25, -0.2) is 0 Å². The number of rotatable bonds is 6. The third kappa shape index (κ3) is 4.33. The second-order valence-electron chi connectivity index (χ2n) is 4.72. The molecule has 0 fully saturated rings. The van der Waals surface area contributed by atoms with Crippen LogP contribution in [0.5, 0.6) is 0 Å². The molecule has 0 saturated carbocycles. The van der Waals surface area contributed by atoms with Gasteiger partial charge in [0.15, 0.2) is 0 Å². The minimum Gasteiger partial charge on any atom is -0.326 e. The molecule has 0 aliphatic carbocycles. The first-order valence-corrected chi connectivity index (χ1v) is 6.15. The Morgan fingerprint density at radius 1 is 1.19 bits per heavy atom. The van der Waals surface area contributed by atoms with Crippen molar-refractivity contribution in [1.82, 2.24) is 4.90 Å². The molecule has 90 valence electrons. The molecule has 1 atom stereocenters. The first-order chi connectivity index (χ1) is 7.63. The molecule has 0 saturated heterocycles. The molecule has 0 bridgehead atoms. The van der Waals surface area contributed by atoms with Crippen molar-refractivity contribution in [1.29, 1.82) is 0 Å². The highest BCUT2D eigenvalue weighted by Gasteiger charge is 2.12. The lowest BCUT2D eigenvalue weighted by atomic mass is 10.0. The molecule has 0 amide bonds. The lowest BCUT2D eigenvalue weighted by Crippen LogP contribution is -2.40. The van der Waals surface area contributed by atoms with Crippen LogP contribution in [0.2, 0.25) is 0 Å². The maximum absolute atomic E-state index is 6.10. The fourth-order valence-electron chi connectivity index (χ4n) is 1.66. The highest BCUT2D eigenvalue weighted by molar-refractivity contribution is 5.14. The van der Waals surface area contributed by atoms with Gasteiger partial charge in [0.25, 0.3) is 0 Å². The van der Waals surface area contributed by atoms with Crippen LogP contribution in [0.3, 0.4) is 0 Å². The zero-order chi connectivity index (χ0) is 12.0. The first-order valence-electron chi connectivity index (χ1n) is 6.15. The lowest BCUT2D eigenvalue weighted by Gasteiger charge is -2.26. The maximum Gasteiger partial charge on any atom is 0.0234 e. The van der Waals surface area contributed by atoms with Crippen LogP contribution in [-0.4, -0.2) is 24.0 Å². The average Bonchev–Trinajstić information content (AvgIpc) is 2.29. The van der Waals surface area contributed by atoms with Gasteiger partial charge in [0.2, 0.25) is 0 Å². The monoisotopic (exact) mass is 220 g/mol. The maximum atomic E-state index is 6.10. The molecule has 1 aromatic rings. The number of hydrogen-bond donors (Lipinski definition) is 1. The molecule has 0 aliphatic heterocycles. The van der Waals surface area contributed by atoms with Gasteiger partial charge in [0, 0.05) is 19.1 Å². The molecule has 0 radical (unpaired) electrons. The molecule has 0 heterocycles. The first kappa shape index (κ1) is 13.2. The van der Waals surface area contributed by atoms with E-state index in [4.69, 9.17) is 5.73 Å². The van der Waals surface area contributed by atoms with Gasteiger partial charge in [-0.3, -0.25) is 4.90 Å². The zero-order valence-electron chi connectivity index (χ0n) is 10.7. The molecule has 0 aromatic heterocycles. The number of hydrogen-bond acceptors (Lipinski definition) is 2. The van der Waals surface area contributed by atoms with E-state index < -0.39 is 0 Å². The summed E-state index contributed by atoms with van der Waals surface area (Å²) in [4.78, 5) is 2.40. The van der Waals surface area contributed by atoms with E-state index in [9.17, 15) is 0 Å². The number of nitrogens with zero attached hydrogens (tertiary/aromatic N) is 1. The van der Waals surface area contributed by atoms with E-state index >= 15 is 0 Å². The quantitative estimate of drug-likeness (QED) is 0.798. The summed E-state index contributed by atoms with van der Waals surface area (Å²) in [7, 11) is 0. The molecule has 1 aromatic carbocycles. The van der Waals surface area contributed by atoms with Crippen LogP contribution in [0, 0.1) is 5.92 Å². The van der Waals surface area contributed by atoms with Crippen LogP contribution in [0.25, 0.3) is 0 Å². The zero-order valence-corrected chi connectivity index (χ0v) is 10.7. The predicted molar refractivity (Wildman–Crippen MR) is 70.2 cm³/mol. The molecule has 2 heteroatoms. The summed E-state index contributed by atoms with van der Waals surface area (Å²) >= 11 is 0. The van der Waals surface area contributed by atoms with Gasteiger partial charge in [0.1, 0.15) is 0 Å². The van der Waals surface area contributed by atoms with E-state index in [0.717, 1.165) is 19.6 Å². The molecule has 0 aliphatic rings. The van der Waals surface area contributed by atoms with E-state index in [1.807, 2.05) is 0 Å². The number of nitrogens with two attached hydrogens (primary N) is 1. The standard InChI is InChI=1S/C14H24N2/c1-4-16(11-14(15)12(2)3)10-13-8-6-5-7-9-13/h5-9,12,14H,4,10-11,15H2,1-3H3/t14-/m0/s1. The van der Waals surface area contributed by atoms with E-state index in [0.29, 0.717) is 5.92 Å². The van der Waals surface area contributed by atoms with E-state index in [1.54, 1.807) is 0 Å².